The standard InChI is InChI=1S/C23H34O3/c1-2-25-22-17-15-21(16-18-22)11-9-19-26-23(24)12-8-6-4-3-5-7-10-20-13-14-20/h9,11,15-18,20H,2-8,10,12-14,19H2,1H3. The quantitative estimate of drug-likeness (QED) is 0.294. The first kappa shape index (κ1) is 20.5. The van der Waals surface area contributed by atoms with Gasteiger partial charge in [0.2, 0.25) is 0 Å². The van der Waals surface area contributed by atoms with E-state index in [4.69, 9.17) is 9.47 Å². The molecule has 3 nitrogen and oxygen atoms in total. The molecule has 1 saturated carbocycles. The van der Waals surface area contributed by atoms with Gasteiger partial charge in [-0.25, -0.2) is 0 Å². The maximum atomic E-state index is 11.7. The van der Waals surface area contributed by atoms with Gasteiger partial charge in [0.1, 0.15) is 12.4 Å². The van der Waals surface area contributed by atoms with Gasteiger partial charge in [-0.3, -0.25) is 4.79 Å². The number of carbonyl (C=O) groups excluding carboxylic acids is 1. The number of ether oxygens (including phenoxy) is 2. The number of esters is 1. The van der Waals surface area contributed by atoms with Gasteiger partial charge in [-0.2, -0.15) is 0 Å². The van der Waals surface area contributed by atoms with Crippen molar-refractivity contribution in [2.24, 2.45) is 5.92 Å². The van der Waals surface area contributed by atoms with Crippen molar-refractivity contribution in [3.63, 3.8) is 0 Å². The van der Waals surface area contributed by atoms with Gasteiger partial charge in [-0.1, -0.05) is 69.6 Å². The van der Waals surface area contributed by atoms with Crippen LogP contribution in [-0.4, -0.2) is 19.2 Å². The molecule has 3 heteroatoms. The van der Waals surface area contributed by atoms with E-state index in [9.17, 15) is 4.79 Å². The molecular weight excluding hydrogens is 324 g/mol. The number of hydrogen-bond acceptors (Lipinski definition) is 3. The van der Waals surface area contributed by atoms with Gasteiger partial charge in [-0.05, 0) is 43.0 Å². The second kappa shape index (κ2) is 12.6. The van der Waals surface area contributed by atoms with Crippen LogP contribution in [0.1, 0.15) is 76.7 Å². The highest BCUT2D eigenvalue weighted by atomic mass is 16.5. The van der Waals surface area contributed by atoms with Gasteiger partial charge >= 0.3 is 5.97 Å². The van der Waals surface area contributed by atoms with Crippen molar-refractivity contribution in [2.75, 3.05) is 13.2 Å². The summed E-state index contributed by atoms with van der Waals surface area (Å²) in [5.41, 5.74) is 1.08. The lowest BCUT2D eigenvalue weighted by atomic mass is 10.1. The average Bonchev–Trinajstić information content (AvgIpc) is 3.47. The molecule has 2 rings (SSSR count). The summed E-state index contributed by atoms with van der Waals surface area (Å²) in [4.78, 5) is 11.7. The molecule has 1 fully saturated rings. The van der Waals surface area contributed by atoms with E-state index >= 15 is 0 Å². The van der Waals surface area contributed by atoms with Crippen LogP contribution in [0.2, 0.25) is 0 Å². The summed E-state index contributed by atoms with van der Waals surface area (Å²) in [5, 5.41) is 0. The first-order valence-corrected chi connectivity index (χ1v) is 10.3. The third kappa shape index (κ3) is 9.65. The van der Waals surface area contributed by atoms with E-state index in [1.54, 1.807) is 0 Å². The molecule has 1 aliphatic rings. The zero-order chi connectivity index (χ0) is 18.5. The highest BCUT2D eigenvalue weighted by molar-refractivity contribution is 5.69. The lowest BCUT2D eigenvalue weighted by molar-refractivity contribution is -0.142. The average molecular weight is 359 g/mol. The number of rotatable bonds is 14. The first-order chi connectivity index (χ1) is 12.8. The Morgan fingerprint density at radius 2 is 1.73 bits per heavy atom. The highest BCUT2D eigenvalue weighted by Gasteiger charge is 2.19. The molecule has 1 aromatic carbocycles. The van der Waals surface area contributed by atoms with E-state index < -0.39 is 0 Å². The molecular formula is C23H34O3. The van der Waals surface area contributed by atoms with Crippen molar-refractivity contribution in [1.29, 1.82) is 0 Å². The van der Waals surface area contributed by atoms with Gasteiger partial charge in [0, 0.05) is 6.42 Å². The zero-order valence-electron chi connectivity index (χ0n) is 16.3. The number of carbonyl (C=O) groups is 1. The molecule has 0 saturated heterocycles. The first-order valence-electron chi connectivity index (χ1n) is 10.3. The third-order valence-electron chi connectivity index (χ3n) is 4.78. The van der Waals surface area contributed by atoms with Crippen molar-refractivity contribution >= 4 is 12.0 Å². The van der Waals surface area contributed by atoms with Crippen molar-refractivity contribution < 1.29 is 14.3 Å². The second-order valence-electron chi connectivity index (χ2n) is 7.19. The lowest BCUT2D eigenvalue weighted by Gasteiger charge is -2.03. The maximum absolute atomic E-state index is 11.7. The monoisotopic (exact) mass is 358 g/mol. The second-order valence-corrected chi connectivity index (χ2v) is 7.19. The minimum Gasteiger partial charge on any atom is -0.494 e. The lowest BCUT2D eigenvalue weighted by Crippen LogP contribution is -2.03. The molecule has 0 aromatic heterocycles. The van der Waals surface area contributed by atoms with E-state index in [1.165, 1.54) is 44.9 Å². The number of unbranched alkanes of at least 4 members (excludes halogenated alkanes) is 5. The van der Waals surface area contributed by atoms with Gasteiger partial charge in [-0.15, -0.1) is 0 Å². The van der Waals surface area contributed by atoms with Crippen LogP contribution in [0.5, 0.6) is 5.75 Å². The fourth-order valence-electron chi connectivity index (χ4n) is 3.06. The predicted octanol–water partition coefficient (Wildman–Crippen LogP) is 6.17. The summed E-state index contributed by atoms with van der Waals surface area (Å²) >= 11 is 0. The molecule has 26 heavy (non-hydrogen) atoms. The highest BCUT2D eigenvalue weighted by Crippen LogP contribution is 2.34. The van der Waals surface area contributed by atoms with E-state index in [-0.39, 0.29) is 5.97 Å². The van der Waals surface area contributed by atoms with Crippen LogP contribution in [0.4, 0.5) is 0 Å². The summed E-state index contributed by atoms with van der Waals surface area (Å²) in [6.45, 7) is 2.98. The summed E-state index contributed by atoms with van der Waals surface area (Å²) in [5.74, 6) is 1.85. The van der Waals surface area contributed by atoms with E-state index in [0.29, 0.717) is 19.6 Å². The summed E-state index contributed by atoms with van der Waals surface area (Å²) in [7, 11) is 0. The Labute approximate surface area is 158 Å². The normalized spacial score (nSPS) is 13.9. The number of hydrogen-bond donors (Lipinski definition) is 0. The van der Waals surface area contributed by atoms with Crippen LogP contribution in [0.15, 0.2) is 30.3 Å². The third-order valence-corrected chi connectivity index (χ3v) is 4.78. The van der Waals surface area contributed by atoms with Crippen molar-refractivity contribution in [3.8, 4) is 5.75 Å². The molecule has 0 radical (unpaired) electrons. The van der Waals surface area contributed by atoms with Crippen LogP contribution in [0.25, 0.3) is 6.08 Å². The van der Waals surface area contributed by atoms with Gasteiger partial charge in [0.05, 0.1) is 6.61 Å². The topological polar surface area (TPSA) is 35.5 Å². The molecule has 144 valence electrons. The van der Waals surface area contributed by atoms with E-state index in [0.717, 1.165) is 30.1 Å². The molecule has 0 heterocycles. The zero-order valence-corrected chi connectivity index (χ0v) is 16.3. The number of benzene rings is 1. The van der Waals surface area contributed by atoms with Crippen molar-refractivity contribution in [3.05, 3.63) is 35.9 Å². The minimum atomic E-state index is -0.0879. The Balaban J connectivity index is 1.43. The SMILES string of the molecule is CCOc1ccc(C=CCOC(=O)CCCCCCCCC2CC2)cc1. The summed E-state index contributed by atoms with van der Waals surface area (Å²) < 4.78 is 10.7. The van der Waals surface area contributed by atoms with Crippen LogP contribution in [-0.2, 0) is 9.53 Å². The summed E-state index contributed by atoms with van der Waals surface area (Å²) in [6, 6.07) is 7.88. The Morgan fingerprint density at radius 3 is 2.42 bits per heavy atom. The van der Waals surface area contributed by atoms with Crippen LogP contribution < -0.4 is 4.74 Å². The fraction of sp³-hybridized carbons (Fsp3) is 0.609. The Bertz CT molecular complexity index is 529. The van der Waals surface area contributed by atoms with Crippen molar-refractivity contribution in [1.82, 2.24) is 0 Å². The molecule has 0 amide bonds. The smallest absolute Gasteiger partial charge is 0.306 e. The molecule has 0 N–H and O–H groups in total. The van der Waals surface area contributed by atoms with Gasteiger partial charge in [0.15, 0.2) is 0 Å². The van der Waals surface area contributed by atoms with Crippen LogP contribution >= 0.6 is 0 Å². The van der Waals surface area contributed by atoms with Crippen molar-refractivity contribution in [2.45, 2.75) is 71.1 Å². The van der Waals surface area contributed by atoms with Gasteiger partial charge < -0.3 is 9.47 Å². The molecule has 0 unspecified atom stereocenters. The molecule has 1 aliphatic carbocycles. The molecule has 0 spiro atoms. The van der Waals surface area contributed by atoms with Gasteiger partial charge in [0.25, 0.3) is 0 Å². The molecule has 0 atom stereocenters. The van der Waals surface area contributed by atoms with Crippen LogP contribution in [0.3, 0.4) is 0 Å². The summed E-state index contributed by atoms with van der Waals surface area (Å²) in [6.07, 6.45) is 16.2. The Morgan fingerprint density at radius 1 is 1.04 bits per heavy atom. The van der Waals surface area contributed by atoms with E-state index in [1.807, 2.05) is 43.3 Å². The molecule has 1 aromatic rings. The predicted molar refractivity (Wildman–Crippen MR) is 107 cm³/mol. The molecule has 0 bridgehead atoms. The maximum Gasteiger partial charge on any atom is 0.306 e. The fourth-order valence-corrected chi connectivity index (χ4v) is 3.06. The van der Waals surface area contributed by atoms with Crippen LogP contribution in [0, 0.1) is 5.92 Å². The molecule has 0 aliphatic heterocycles. The Kier molecular flexibility index (Phi) is 9.92. The van der Waals surface area contributed by atoms with E-state index in [2.05, 4.69) is 0 Å². The largest absolute Gasteiger partial charge is 0.494 e. The minimum absolute atomic E-state index is 0.0879. The Hall–Kier alpha value is -1.77.